The van der Waals surface area contributed by atoms with E-state index in [1.165, 1.54) is 0 Å². The van der Waals surface area contributed by atoms with Crippen LogP contribution in [0.3, 0.4) is 0 Å². The maximum atomic E-state index is 12.9. The summed E-state index contributed by atoms with van der Waals surface area (Å²) in [5.41, 5.74) is 6.97. The number of hydrogen-bond acceptors (Lipinski definition) is 2. The van der Waals surface area contributed by atoms with Gasteiger partial charge in [-0.1, -0.05) is 42.6 Å². The van der Waals surface area contributed by atoms with Crippen molar-refractivity contribution in [1.82, 2.24) is 4.90 Å². The van der Waals surface area contributed by atoms with Crippen LogP contribution < -0.4 is 5.73 Å². The van der Waals surface area contributed by atoms with E-state index in [0.29, 0.717) is 18.1 Å². The van der Waals surface area contributed by atoms with Gasteiger partial charge in [-0.15, -0.1) is 0 Å². The summed E-state index contributed by atoms with van der Waals surface area (Å²) in [5.74, 6) is 0.0933. The van der Waals surface area contributed by atoms with E-state index in [9.17, 15) is 4.79 Å². The van der Waals surface area contributed by atoms with E-state index in [0.717, 1.165) is 31.2 Å². The molecule has 2 rings (SSSR count). The normalized spacial score (nSPS) is 25.6. The molecule has 2 N–H and O–H groups in total. The van der Waals surface area contributed by atoms with E-state index in [4.69, 9.17) is 17.3 Å². The van der Waals surface area contributed by atoms with E-state index in [1.54, 1.807) is 0 Å². The quantitative estimate of drug-likeness (QED) is 0.924. The van der Waals surface area contributed by atoms with Crippen molar-refractivity contribution in [2.75, 3.05) is 6.54 Å². The first kappa shape index (κ1) is 16.3. The van der Waals surface area contributed by atoms with E-state index >= 15 is 0 Å². The molecule has 1 aromatic rings. The highest BCUT2D eigenvalue weighted by atomic mass is 35.5. The number of nitrogens with two attached hydrogens (primary N) is 1. The molecule has 1 aromatic carbocycles. The SMILES string of the molecule is CCN(Cc1ccccc1Cl)C(=O)C1CCCCC1(C)N. The zero-order valence-corrected chi connectivity index (χ0v) is 13.7. The van der Waals surface area contributed by atoms with Crippen LogP contribution in [-0.2, 0) is 11.3 Å². The number of carbonyl (C=O) groups excluding carboxylic acids is 1. The third-order valence-electron chi connectivity index (χ3n) is 4.56. The van der Waals surface area contributed by atoms with Gasteiger partial charge in [-0.25, -0.2) is 0 Å². The van der Waals surface area contributed by atoms with Crippen molar-refractivity contribution in [3.8, 4) is 0 Å². The third kappa shape index (κ3) is 3.78. The molecule has 0 saturated heterocycles. The summed E-state index contributed by atoms with van der Waals surface area (Å²) in [6.07, 6.45) is 4.03. The Kier molecular flexibility index (Phi) is 5.28. The minimum atomic E-state index is -0.386. The van der Waals surface area contributed by atoms with Crippen LogP contribution in [-0.4, -0.2) is 22.9 Å². The summed E-state index contributed by atoms with van der Waals surface area (Å²) >= 11 is 6.21. The highest BCUT2D eigenvalue weighted by molar-refractivity contribution is 6.31. The van der Waals surface area contributed by atoms with Crippen LogP contribution in [0, 0.1) is 5.92 Å². The van der Waals surface area contributed by atoms with Crippen LogP contribution in [0.2, 0.25) is 5.02 Å². The molecule has 116 valence electrons. The van der Waals surface area contributed by atoms with Gasteiger partial charge in [0.1, 0.15) is 0 Å². The van der Waals surface area contributed by atoms with Gasteiger partial charge in [0.05, 0.1) is 5.92 Å². The molecule has 1 amide bonds. The Bertz CT molecular complexity index is 501. The van der Waals surface area contributed by atoms with Crippen LogP contribution in [0.4, 0.5) is 0 Å². The molecule has 0 bridgehead atoms. The van der Waals surface area contributed by atoms with Crippen molar-refractivity contribution in [2.45, 2.75) is 51.6 Å². The number of amides is 1. The third-order valence-corrected chi connectivity index (χ3v) is 4.93. The molecule has 1 fully saturated rings. The van der Waals surface area contributed by atoms with Gasteiger partial charge in [0.2, 0.25) is 5.91 Å². The molecule has 1 saturated carbocycles. The van der Waals surface area contributed by atoms with Crippen molar-refractivity contribution in [3.63, 3.8) is 0 Å². The Morgan fingerprint density at radius 2 is 2.14 bits per heavy atom. The molecular formula is C17H25ClN2O. The van der Waals surface area contributed by atoms with Crippen molar-refractivity contribution in [3.05, 3.63) is 34.9 Å². The minimum Gasteiger partial charge on any atom is -0.338 e. The van der Waals surface area contributed by atoms with Gasteiger partial charge in [0.25, 0.3) is 0 Å². The van der Waals surface area contributed by atoms with Crippen molar-refractivity contribution < 1.29 is 4.79 Å². The number of rotatable bonds is 4. The predicted molar refractivity (Wildman–Crippen MR) is 87.1 cm³/mol. The van der Waals surface area contributed by atoms with E-state index in [-0.39, 0.29) is 17.4 Å². The summed E-state index contributed by atoms with van der Waals surface area (Å²) in [6, 6.07) is 7.69. The molecule has 3 nitrogen and oxygen atoms in total. The van der Waals surface area contributed by atoms with Crippen LogP contribution in [0.1, 0.15) is 45.1 Å². The Balaban J connectivity index is 2.13. The molecule has 0 radical (unpaired) electrons. The van der Waals surface area contributed by atoms with Gasteiger partial charge in [-0.2, -0.15) is 0 Å². The van der Waals surface area contributed by atoms with Crippen molar-refractivity contribution in [1.29, 1.82) is 0 Å². The van der Waals surface area contributed by atoms with Crippen molar-refractivity contribution in [2.24, 2.45) is 11.7 Å². The highest BCUT2D eigenvalue weighted by Crippen LogP contribution is 2.33. The molecule has 21 heavy (non-hydrogen) atoms. The summed E-state index contributed by atoms with van der Waals surface area (Å²) < 4.78 is 0. The Morgan fingerprint density at radius 1 is 1.43 bits per heavy atom. The maximum absolute atomic E-state index is 12.9. The van der Waals surface area contributed by atoms with Gasteiger partial charge in [-0.05, 0) is 38.3 Å². The molecule has 1 aliphatic rings. The number of hydrogen-bond donors (Lipinski definition) is 1. The molecule has 2 unspecified atom stereocenters. The Hall–Kier alpha value is -1.06. The minimum absolute atomic E-state index is 0.0753. The highest BCUT2D eigenvalue weighted by Gasteiger charge is 2.39. The molecule has 0 spiro atoms. The second-order valence-corrected chi connectivity index (χ2v) is 6.66. The van der Waals surface area contributed by atoms with Gasteiger partial charge in [-0.3, -0.25) is 4.79 Å². The second-order valence-electron chi connectivity index (χ2n) is 6.25. The molecule has 0 heterocycles. The van der Waals surface area contributed by atoms with Crippen molar-refractivity contribution >= 4 is 17.5 Å². The average Bonchev–Trinajstić information content (AvgIpc) is 2.45. The largest absolute Gasteiger partial charge is 0.338 e. The first-order valence-corrected chi connectivity index (χ1v) is 8.14. The lowest BCUT2D eigenvalue weighted by Crippen LogP contribution is -2.53. The van der Waals surface area contributed by atoms with E-state index in [1.807, 2.05) is 43.0 Å². The van der Waals surface area contributed by atoms with Gasteiger partial charge >= 0.3 is 0 Å². The monoisotopic (exact) mass is 308 g/mol. The predicted octanol–water partition coefficient (Wildman–Crippen LogP) is 3.60. The maximum Gasteiger partial charge on any atom is 0.227 e. The first-order valence-electron chi connectivity index (χ1n) is 7.77. The van der Waals surface area contributed by atoms with Gasteiger partial charge in [0, 0.05) is 23.7 Å². The fraction of sp³-hybridized carbons (Fsp3) is 0.588. The molecule has 4 heteroatoms. The van der Waals surface area contributed by atoms with E-state index < -0.39 is 0 Å². The van der Waals surface area contributed by atoms with Gasteiger partial charge in [0.15, 0.2) is 0 Å². The number of nitrogens with zero attached hydrogens (tertiary/aromatic N) is 1. The lowest BCUT2D eigenvalue weighted by Gasteiger charge is -2.39. The molecule has 2 atom stereocenters. The number of carbonyl (C=O) groups is 1. The zero-order chi connectivity index (χ0) is 15.5. The van der Waals surface area contributed by atoms with E-state index in [2.05, 4.69) is 0 Å². The van der Waals surface area contributed by atoms with Gasteiger partial charge < -0.3 is 10.6 Å². The lowest BCUT2D eigenvalue weighted by molar-refractivity contribution is -0.139. The Labute approximate surface area is 132 Å². The topological polar surface area (TPSA) is 46.3 Å². The summed E-state index contributed by atoms with van der Waals surface area (Å²) in [4.78, 5) is 14.7. The summed E-state index contributed by atoms with van der Waals surface area (Å²) in [6.45, 7) is 5.25. The Morgan fingerprint density at radius 3 is 2.76 bits per heavy atom. The second kappa shape index (κ2) is 6.80. The summed E-state index contributed by atoms with van der Waals surface area (Å²) in [7, 11) is 0. The molecule has 0 aromatic heterocycles. The first-order chi connectivity index (χ1) is 9.95. The fourth-order valence-electron chi connectivity index (χ4n) is 3.16. The van der Waals surface area contributed by atoms with Crippen LogP contribution in [0.15, 0.2) is 24.3 Å². The standard InChI is InChI=1S/C17H25ClN2O/c1-3-20(12-13-8-4-5-10-15(13)18)16(21)14-9-6-7-11-17(14,2)19/h4-5,8,10,14H,3,6-7,9,11-12,19H2,1-2H3. The molecule has 1 aliphatic carbocycles. The fourth-order valence-corrected chi connectivity index (χ4v) is 3.36. The lowest BCUT2D eigenvalue weighted by atomic mass is 9.74. The van der Waals surface area contributed by atoms with Crippen LogP contribution in [0.25, 0.3) is 0 Å². The van der Waals surface area contributed by atoms with Crippen LogP contribution in [0.5, 0.6) is 0 Å². The molecule has 0 aliphatic heterocycles. The summed E-state index contributed by atoms with van der Waals surface area (Å²) in [5, 5.41) is 0.711. The molecular weight excluding hydrogens is 284 g/mol. The smallest absolute Gasteiger partial charge is 0.227 e. The van der Waals surface area contributed by atoms with Crippen LogP contribution >= 0.6 is 11.6 Å². The average molecular weight is 309 g/mol. The number of benzene rings is 1. The zero-order valence-electron chi connectivity index (χ0n) is 12.9. The number of halogens is 1.